The fraction of sp³-hybridized carbons (Fsp3) is 0. The van der Waals surface area contributed by atoms with Crippen molar-refractivity contribution in [2.45, 2.75) is 0 Å². The highest BCUT2D eigenvalue weighted by Crippen LogP contribution is 2.31. The molecule has 2 aromatic carbocycles. The number of aromatic amines is 1. The molecular weight excluding hydrogens is 288 g/mol. The van der Waals surface area contributed by atoms with Crippen LogP contribution >= 0.6 is 0 Å². The molecule has 5 nitrogen and oxygen atoms in total. The zero-order valence-electron chi connectivity index (χ0n) is 11.9. The molecule has 1 N–H and O–H groups in total. The van der Waals surface area contributed by atoms with Crippen molar-refractivity contribution in [3.05, 3.63) is 65.1 Å². The van der Waals surface area contributed by atoms with Gasteiger partial charge in [0.05, 0.1) is 27.6 Å². The first-order chi connectivity index (χ1) is 11.3. The van der Waals surface area contributed by atoms with Gasteiger partial charge in [-0.15, -0.1) is 0 Å². The molecule has 3 aromatic heterocycles. The lowest BCUT2D eigenvalue weighted by Crippen LogP contribution is -2.03. The quantitative estimate of drug-likeness (QED) is 0.352. The van der Waals surface area contributed by atoms with E-state index in [0.717, 1.165) is 27.3 Å². The summed E-state index contributed by atoms with van der Waals surface area (Å²) in [6, 6.07) is 12.8. The van der Waals surface area contributed by atoms with Crippen LogP contribution in [0.25, 0.3) is 43.9 Å². The Morgan fingerprint density at radius 3 is 2.61 bits per heavy atom. The van der Waals surface area contributed by atoms with Gasteiger partial charge in [0, 0.05) is 23.2 Å². The van der Waals surface area contributed by atoms with Crippen LogP contribution in [0.3, 0.4) is 0 Å². The van der Waals surface area contributed by atoms with Crippen molar-refractivity contribution in [2.75, 3.05) is 0 Å². The molecule has 0 spiro atoms. The van der Waals surface area contributed by atoms with Crippen molar-refractivity contribution >= 4 is 43.9 Å². The van der Waals surface area contributed by atoms with Gasteiger partial charge in [-0.25, -0.2) is 9.97 Å². The summed E-state index contributed by atoms with van der Waals surface area (Å²) in [5.74, 6) is 0. The zero-order chi connectivity index (χ0) is 15.4. The van der Waals surface area contributed by atoms with Gasteiger partial charge in [-0.05, 0) is 36.4 Å². The van der Waals surface area contributed by atoms with Crippen LogP contribution in [0.2, 0.25) is 0 Å². The van der Waals surface area contributed by atoms with Crippen LogP contribution in [0.1, 0.15) is 0 Å². The molecule has 0 amide bonds. The molecule has 0 radical (unpaired) electrons. The van der Waals surface area contributed by atoms with E-state index in [4.69, 9.17) is 4.98 Å². The smallest absolute Gasteiger partial charge is 0.206 e. The summed E-state index contributed by atoms with van der Waals surface area (Å²) in [4.78, 5) is 29.2. The van der Waals surface area contributed by atoms with E-state index in [-0.39, 0.29) is 5.43 Å². The number of H-pyrrole nitrogens is 1. The summed E-state index contributed by atoms with van der Waals surface area (Å²) in [7, 11) is 0. The molecule has 23 heavy (non-hydrogen) atoms. The first-order valence-corrected chi connectivity index (χ1v) is 7.27. The van der Waals surface area contributed by atoms with Crippen LogP contribution in [0.5, 0.6) is 0 Å². The number of pyridine rings is 2. The van der Waals surface area contributed by atoms with Gasteiger partial charge in [-0.3, -0.25) is 9.78 Å². The Morgan fingerprint density at radius 1 is 0.783 bits per heavy atom. The molecule has 0 fully saturated rings. The minimum Gasteiger partial charge on any atom is -0.359 e. The second-order valence-corrected chi connectivity index (χ2v) is 5.40. The molecule has 5 rings (SSSR count). The predicted octanol–water partition coefficient (Wildman–Crippen LogP) is 3.17. The molecule has 0 aliphatic carbocycles. The van der Waals surface area contributed by atoms with Crippen LogP contribution in [0, 0.1) is 0 Å². The summed E-state index contributed by atoms with van der Waals surface area (Å²) in [6.07, 6.45) is 3.62. The topological polar surface area (TPSA) is 71.5 Å². The highest BCUT2D eigenvalue weighted by atomic mass is 16.1. The standard InChI is InChI=1S/C18H10N4O/c23-13-7-1-6-12-18(13)22-17-11-5-3-9-20-15(11)14-10(16(17)21-12)4-2-8-19-14/h1-9,19H. The summed E-state index contributed by atoms with van der Waals surface area (Å²) in [6.45, 7) is 0. The molecule has 0 saturated carbocycles. The van der Waals surface area contributed by atoms with Gasteiger partial charge in [0.1, 0.15) is 5.52 Å². The Hall–Kier alpha value is -3.34. The first kappa shape index (κ1) is 12.2. The van der Waals surface area contributed by atoms with E-state index in [2.05, 4.69) is 15.0 Å². The molecule has 0 aliphatic rings. The summed E-state index contributed by atoms with van der Waals surface area (Å²) < 4.78 is 0. The summed E-state index contributed by atoms with van der Waals surface area (Å²) in [5.41, 5.74) is 4.11. The number of para-hydroxylation sites is 1. The highest BCUT2D eigenvalue weighted by Gasteiger charge is 2.13. The number of fused-ring (bicyclic) bond motifs is 7. The minimum atomic E-state index is -0.117. The number of aromatic nitrogens is 4. The Labute approximate surface area is 129 Å². The van der Waals surface area contributed by atoms with Crippen LogP contribution in [-0.4, -0.2) is 19.9 Å². The van der Waals surface area contributed by atoms with Gasteiger partial charge >= 0.3 is 0 Å². The molecule has 5 aromatic rings. The van der Waals surface area contributed by atoms with Crippen LogP contribution in [0.15, 0.2) is 59.7 Å². The predicted molar refractivity (Wildman–Crippen MR) is 90.5 cm³/mol. The average Bonchev–Trinajstić information content (AvgIpc) is 2.61. The largest absolute Gasteiger partial charge is 0.359 e. The Morgan fingerprint density at radius 2 is 1.65 bits per heavy atom. The van der Waals surface area contributed by atoms with E-state index in [1.165, 1.54) is 6.07 Å². The number of hydrogen-bond donors (Lipinski definition) is 1. The minimum absolute atomic E-state index is 0.117. The van der Waals surface area contributed by atoms with Gasteiger partial charge in [0.15, 0.2) is 0 Å². The Bertz CT molecular complexity index is 1290. The monoisotopic (exact) mass is 298 g/mol. The fourth-order valence-electron chi connectivity index (χ4n) is 3.05. The molecule has 108 valence electrons. The van der Waals surface area contributed by atoms with E-state index >= 15 is 0 Å². The molecule has 5 heteroatoms. The molecule has 3 heterocycles. The number of rotatable bonds is 0. The normalized spacial score (nSPS) is 11.7. The number of nitrogens with one attached hydrogen (secondary N) is 1. The maximum absolute atomic E-state index is 12.1. The van der Waals surface area contributed by atoms with Crippen molar-refractivity contribution in [3.63, 3.8) is 0 Å². The number of benzene rings is 2. The zero-order valence-corrected chi connectivity index (χ0v) is 11.9. The third-order valence-corrected chi connectivity index (χ3v) is 4.07. The molecule has 0 bridgehead atoms. The Kier molecular flexibility index (Phi) is 2.30. The van der Waals surface area contributed by atoms with Crippen LogP contribution in [-0.2, 0) is 0 Å². The van der Waals surface area contributed by atoms with Crippen molar-refractivity contribution in [1.29, 1.82) is 0 Å². The van der Waals surface area contributed by atoms with E-state index in [9.17, 15) is 4.79 Å². The van der Waals surface area contributed by atoms with Crippen molar-refractivity contribution in [2.24, 2.45) is 0 Å². The molecule has 0 aliphatic heterocycles. The second-order valence-electron chi connectivity index (χ2n) is 5.40. The maximum atomic E-state index is 12.1. The third kappa shape index (κ3) is 1.61. The van der Waals surface area contributed by atoms with Gasteiger partial charge in [-0.2, -0.15) is 0 Å². The third-order valence-electron chi connectivity index (χ3n) is 4.07. The van der Waals surface area contributed by atoms with E-state index in [1.54, 1.807) is 12.3 Å². The highest BCUT2D eigenvalue weighted by molar-refractivity contribution is 6.21. The lowest BCUT2D eigenvalue weighted by Gasteiger charge is -2.08. The molecular formula is C18H10N4O. The lowest BCUT2D eigenvalue weighted by molar-refractivity contribution is 1.35. The first-order valence-electron chi connectivity index (χ1n) is 7.27. The summed E-state index contributed by atoms with van der Waals surface area (Å²) in [5, 5.41) is 1.83. The fourth-order valence-corrected chi connectivity index (χ4v) is 3.05. The number of nitrogens with zero attached hydrogens (tertiary/aromatic N) is 3. The molecule has 0 unspecified atom stereocenters. The average molecular weight is 298 g/mol. The van der Waals surface area contributed by atoms with Crippen LogP contribution < -0.4 is 5.43 Å². The maximum Gasteiger partial charge on any atom is 0.206 e. The van der Waals surface area contributed by atoms with Crippen molar-refractivity contribution in [3.8, 4) is 0 Å². The van der Waals surface area contributed by atoms with E-state index < -0.39 is 0 Å². The molecule has 0 atom stereocenters. The lowest BCUT2D eigenvalue weighted by atomic mass is 10.1. The molecule has 0 saturated heterocycles. The van der Waals surface area contributed by atoms with Gasteiger partial charge < -0.3 is 4.98 Å². The van der Waals surface area contributed by atoms with E-state index in [1.807, 2.05) is 36.5 Å². The second kappa shape index (κ2) is 4.33. The van der Waals surface area contributed by atoms with Crippen molar-refractivity contribution < 1.29 is 0 Å². The van der Waals surface area contributed by atoms with Gasteiger partial charge in [0.25, 0.3) is 0 Å². The van der Waals surface area contributed by atoms with Gasteiger partial charge in [0.2, 0.25) is 5.43 Å². The number of hydrogen-bond acceptors (Lipinski definition) is 4. The van der Waals surface area contributed by atoms with Crippen LogP contribution in [0.4, 0.5) is 0 Å². The SMILES string of the molecule is O=c1cccc2nc3c4ccc[nH]c4c4ncccc4c3nc12. The Balaban J connectivity index is 2.19. The summed E-state index contributed by atoms with van der Waals surface area (Å²) >= 11 is 0. The van der Waals surface area contributed by atoms with Gasteiger partial charge in [-0.1, -0.05) is 6.07 Å². The van der Waals surface area contributed by atoms with Crippen molar-refractivity contribution in [1.82, 2.24) is 19.9 Å². The van der Waals surface area contributed by atoms with E-state index in [0.29, 0.717) is 16.6 Å².